The van der Waals surface area contributed by atoms with E-state index in [9.17, 15) is 0 Å². The molecule has 96 valence electrons. The lowest BCUT2D eigenvalue weighted by Crippen LogP contribution is -2.37. The van der Waals surface area contributed by atoms with E-state index < -0.39 is 0 Å². The Hall–Kier alpha value is -1.61. The van der Waals surface area contributed by atoms with Crippen molar-refractivity contribution in [1.29, 1.82) is 0 Å². The maximum Gasteiger partial charge on any atom is 0.115 e. The van der Waals surface area contributed by atoms with E-state index in [1.807, 2.05) is 0 Å². The van der Waals surface area contributed by atoms with Gasteiger partial charge in [0.2, 0.25) is 0 Å². The number of para-hydroxylation sites is 1. The normalized spacial score (nSPS) is 13.5. The average Bonchev–Trinajstić information content (AvgIpc) is 2.42. The highest BCUT2D eigenvalue weighted by atomic mass is 79.9. The van der Waals surface area contributed by atoms with E-state index in [-0.39, 0.29) is 0 Å². The largest absolute Gasteiger partial charge is 0.327 e. The van der Waals surface area contributed by atoms with Crippen molar-refractivity contribution in [3.8, 4) is 0 Å². The first kappa shape index (κ1) is 12.4. The predicted molar refractivity (Wildman–Crippen MR) is 82.7 cm³/mol. The van der Waals surface area contributed by atoms with Crippen molar-refractivity contribution < 1.29 is 0 Å². The SMILES string of the molecule is Cc1c(Br)cccc1N1C=c2cccc(C)c2=NC1. The van der Waals surface area contributed by atoms with Gasteiger partial charge in [-0.3, -0.25) is 4.99 Å². The van der Waals surface area contributed by atoms with Crippen LogP contribution < -0.4 is 15.5 Å². The van der Waals surface area contributed by atoms with Crippen molar-refractivity contribution >= 4 is 27.8 Å². The van der Waals surface area contributed by atoms with Gasteiger partial charge in [0.25, 0.3) is 0 Å². The van der Waals surface area contributed by atoms with E-state index in [2.05, 4.69) is 77.3 Å². The van der Waals surface area contributed by atoms with E-state index in [0.717, 1.165) is 9.83 Å². The Kier molecular flexibility index (Phi) is 3.15. The minimum atomic E-state index is 0.676. The fraction of sp³-hybridized carbons (Fsp3) is 0.188. The van der Waals surface area contributed by atoms with Crippen molar-refractivity contribution in [2.24, 2.45) is 4.99 Å². The lowest BCUT2D eigenvalue weighted by molar-refractivity contribution is 0.926. The van der Waals surface area contributed by atoms with Gasteiger partial charge in [-0.05, 0) is 37.1 Å². The van der Waals surface area contributed by atoms with Gasteiger partial charge in [0.1, 0.15) is 6.67 Å². The summed E-state index contributed by atoms with van der Waals surface area (Å²) in [6.45, 7) is 4.91. The van der Waals surface area contributed by atoms with Gasteiger partial charge in [-0.15, -0.1) is 0 Å². The van der Waals surface area contributed by atoms with Crippen LogP contribution in [0.4, 0.5) is 5.69 Å². The Balaban J connectivity index is 2.13. The smallest absolute Gasteiger partial charge is 0.115 e. The van der Waals surface area contributed by atoms with Gasteiger partial charge in [-0.2, -0.15) is 0 Å². The molecule has 0 saturated heterocycles. The minimum Gasteiger partial charge on any atom is -0.327 e. The number of halogens is 1. The third kappa shape index (κ3) is 2.19. The molecule has 0 aliphatic carbocycles. The number of nitrogens with zero attached hydrogens (tertiary/aromatic N) is 2. The molecule has 19 heavy (non-hydrogen) atoms. The molecule has 0 aromatic heterocycles. The van der Waals surface area contributed by atoms with Gasteiger partial charge in [0.05, 0.1) is 5.36 Å². The van der Waals surface area contributed by atoms with E-state index in [0.29, 0.717) is 6.67 Å². The molecule has 0 unspecified atom stereocenters. The molecule has 2 aromatic rings. The van der Waals surface area contributed by atoms with Crippen molar-refractivity contribution in [2.45, 2.75) is 13.8 Å². The fourth-order valence-electron chi connectivity index (χ4n) is 2.41. The maximum atomic E-state index is 4.70. The summed E-state index contributed by atoms with van der Waals surface area (Å²) in [6, 6.07) is 12.6. The lowest BCUT2D eigenvalue weighted by Gasteiger charge is -2.23. The van der Waals surface area contributed by atoms with E-state index in [1.165, 1.54) is 22.0 Å². The lowest BCUT2D eigenvalue weighted by atomic mass is 10.1. The zero-order chi connectivity index (χ0) is 13.4. The number of aryl methyl sites for hydroxylation is 1. The molecule has 0 bridgehead atoms. The summed E-state index contributed by atoms with van der Waals surface area (Å²) < 4.78 is 1.13. The standard InChI is InChI=1S/C16H15BrN2/c1-11-5-3-6-13-9-19(10-18-16(11)13)15-8-4-7-14(17)12(15)2/h3-9H,10H2,1-2H3. The molecule has 0 amide bonds. The molecule has 0 saturated carbocycles. The quantitative estimate of drug-likeness (QED) is 0.790. The minimum absolute atomic E-state index is 0.676. The summed E-state index contributed by atoms with van der Waals surface area (Å²) in [7, 11) is 0. The first-order valence-electron chi connectivity index (χ1n) is 6.30. The Bertz CT molecular complexity index is 750. The third-order valence-electron chi connectivity index (χ3n) is 3.49. The number of rotatable bonds is 1. The third-order valence-corrected chi connectivity index (χ3v) is 4.35. The van der Waals surface area contributed by atoms with Crippen molar-refractivity contribution in [3.63, 3.8) is 0 Å². The Morgan fingerprint density at radius 2 is 1.89 bits per heavy atom. The van der Waals surface area contributed by atoms with Crippen LogP contribution in [0.15, 0.2) is 45.9 Å². The van der Waals surface area contributed by atoms with Crippen LogP contribution in [0.5, 0.6) is 0 Å². The second-order valence-electron chi connectivity index (χ2n) is 4.80. The molecule has 0 spiro atoms. The van der Waals surface area contributed by atoms with Gasteiger partial charge < -0.3 is 4.90 Å². The van der Waals surface area contributed by atoms with Crippen LogP contribution in [0.2, 0.25) is 0 Å². The first-order chi connectivity index (χ1) is 9.16. The van der Waals surface area contributed by atoms with E-state index in [4.69, 9.17) is 4.99 Å². The van der Waals surface area contributed by atoms with E-state index >= 15 is 0 Å². The van der Waals surface area contributed by atoms with E-state index in [1.54, 1.807) is 0 Å². The van der Waals surface area contributed by atoms with Crippen molar-refractivity contribution in [2.75, 3.05) is 11.6 Å². The first-order valence-corrected chi connectivity index (χ1v) is 7.10. The fourth-order valence-corrected chi connectivity index (χ4v) is 2.77. The van der Waals surface area contributed by atoms with Crippen LogP contribution in [0.25, 0.3) is 6.20 Å². The van der Waals surface area contributed by atoms with Crippen LogP contribution in [-0.2, 0) is 0 Å². The molecule has 1 aliphatic rings. The van der Waals surface area contributed by atoms with Gasteiger partial charge >= 0.3 is 0 Å². The molecule has 0 N–H and O–H groups in total. The van der Waals surface area contributed by atoms with Crippen LogP contribution >= 0.6 is 15.9 Å². The zero-order valence-electron chi connectivity index (χ0n) is 11.0. The number of benzene rings is 2. The molecule has 0 fully saturated rings. The van der Waals surface area contributed by atoms with Crippen LogP contribution in [0, 0.1) is 13.8 Å². The summed E-state index contributed by atoms with van der Waals surface area (Å²) in [5.74, 6) is 0. The molecule has 3 heteroatoms. The zero-order valence-corrected chi connectivity index (χ0v) is 12.6. The number of hydrogen-bond donors (Lipinski definition) is 0. The highest BCUT2D eigenvalue weighted by Gasteiger charge is 2.11. The molecular formula is C16H15BrN2. The molecule has 2 nitrogen and oxygen atoms in total. The number of hydrogen-bond acceptors (Lipinski definition) is 2. The van der Waals surface area contributed by atoms with Crippen molar-refractivity contribution in [1.82, 2.24) is 0 Å². The Morgan fingerprint density at radius 1 is 1.11 bits per heavy atom. The van der Waals surface area contributed by atoms with Gasteiger partial charge in [0, 0.05) is 21.6 Å². The topological polar surface area (TPSA) is 15.6 Å². The summed E-state index contributed by atoms with van der Waals surface area (Å²) in [6.07, 6.45) is 2.18. The summed E-state index contributed by atoms with van der Waals surface area (Å²) in [5, 5.41) is 2.30. The monoisotopic (exact) mass is 314 g/mol. The maximum absolute atomic E-state index is 4.70. The molecule has 2 aromatic carbocycles. The molecular weight excluding hydrogens is 300 g/mol. The molecule has 1 heterocycles. The molecule has 0 atom stereocenters. The molecule has 0 radical (unpaired) electrons. The summed E-state index contributed by atoms with van der Waals surface area (Å²) >= 11 is 3.58. The second kappa shape index (κ2) is 4.82. The van der Waals surface area contributed by atoms with Gasteiger partial charge in [-0.25, -0.2) is 0 Å². The van der Waals surface area contributed by atoms with Gasteiger partial charge in [0.15, 0.2) is 0 Å². The van der Waals surface area contributed by atoms with Gasteiger partial charge in [-0.1, -0.05) is 40.2 Å². The molecule has 3 rings (SSSR count). The van der Waals surface area contributed by atoms with Crippen LogP contribution in [0.1, 0.15) is 11.1 Å². The highest BCUT2D eigenvalue weighted by Crippen LogP contribution is 2.27. The predicted octanol–water partition coefficient (Wildman–Crippen LogP) is 2.90. The number of fused-ring (bicyclic) bond motifs is 1. The molecule has 1 aliphatic heterocycles. The Morgan fingerprint density at radius 3 is 2.74 bits per heavy atom. The van der Waals surface area contributed by atoms with Crippen LogP contribution in [-0.4, -0.2) is 6.67 Å². The second-order valence-corrected chi connectivity index (χ2v) is 5.65. The van der Waals surface area contributed by atoms with Crippen molar-refractivity contribution in [3.05, 3.63) is 62.6 Å². The highest BCUT2D eigenvalue weighted by molar-refractivity contribution is 9.10. The van der Waals surface area contributed by atoms with Crippen LogP contribution in [0.3, 0.4) is 0 Å². The summed E-state index contributed by atoms with van der Waals surface area (Å²) in [5.41, 5.74) is 3.68. The summed E-state index contributed by atoms with van der Waals surface area (Å²) in [4.78, 5) is 6.90. The number of anilines is 1. The Labute approximate surface area is 121 Å². The average molecular weight is 315 g/mol.